The molecule has 2 aromatic heterocycles. The minimum atomic E-state index is -0.254. The fourth-order valence-corrected chi connectivity index (χ4v) is 2.75. The van der Waals surface area contributed by atoms with Crippen LogP contribution >= 0.6 is 0 Å². The number of carbonyl (C=O) groups excluding carboxylic acids is 1. The molecular weight excluding hydrogens is 346 g/mol. The van der Waals surface area contributed by atoms with Gasteiger partial charge in [0.05, 0.1) is 38.6 Å². The summed E-state index contributed by atoms with van der Waals surface area (Å²) in [6.45, 7) is 0.485. The summed E-state index contributed by atoms with van der Waals surface area (Å²) < 4.78 is 12.4. The van der Waals surface area contributed by atoms with E-state index in [9.17, 15) is 4.79 Å². The average molecular weight is 365 g/mol. The van der Waals surface area contributed by atoms with Crippen molar-refractivity contribution in [3.8, 4) is 17.6 Å². The van der Waals surface area contributed by atoms with Crippen LogP contribution in [0.1, 0.15) is 15.9 Å². The van der Waals surface area contributed by atoms with E-state index in [0.717, 1.165) is 10.9 Å². The number of ether oxygens (including phenoxy) is 2. The maximum atomic E-state index is 12.3. The molecule has 138 valence electrons. The molecule has 3 aromatic rings. The molecule has 0 aliphatic carbocycles. The van der Waals surface area contributed by atoms with Gasteiger partial charge >= 0.3 is 0 Å². The molecule has 2 heterocycles. The van der Waals surface area contributed by atoms with Crippen LogP contribution < -0.4 is 9.47 Å². The highest BCUT2D eigenvalue weighted by Crippen LogP contribution is 2.26. The first-order valence-corrected chi connectivity index (χ1v) is 8.22. The molecule has 0 aliphatic heterocycles. The molecule has 0 fully saturated rings. The Morgan fingerprint density at radius 2 is 2.07 bits per heavy atom. The number of pyridine rings is 1. The topological polar surface area (TPSA) is 93.3 Å². The summed E-state index contributed by atoms with van der Waals surface area (Å²) in [6, 6.07) is 9.27. The van der Waals surface area contributed by atoms with Gasteiger partial charge in [0, 0.05) is 30.3 Å². The van der Waals surface area contributed by atoms with Crippen LogP contribution in [-0.2, 0) is 6.54 Å². The number of fused-ring (bicyclic) bond motifs is 1. The molecule has 8 nitrogen and oxygen atoms in total. The first-order chi connectivity index (χ1) is 13.1. The number of nitriles is 1. The smallest absolute Gasteiger partial charge is 0.256 e. The molecule has 1 aromatic carbocycles. The van der Waals surface area contributed by atoms with Gasteiger partial charge in [-0.05, 0) is 18.2 Å². The number of nitrogens with zero attached hydrogens (tertiary/aromatic N) is 5. The molecule has 0 bridgehead atoms. The second-order valence-corrected chi connectivity index (χ2v) is 5.94. The summed E-state index contributed by atoms with van der Waals surface area (Å²) in [4.78, 5) is 18.0. The lowest BCUT2D eigenvalue weighted by atomic mass is 10.2. The Balaban J connectivity index is 1.90. The molecule has 0 unspecified atom stereocenters. The molecule has 0 spiro atoms. The Bertz CT molecular complexity index is 1020. The number of hydrogen-bond donors (Lipinski definition) is 0. The van der Waals surface area contributed by atoms with E-state index in [1.54, 1.807) is 38.2 Å². The quantitative estimate of drug-likeness (QED) is 0.621. The summed E-state index contributed by atoms with van der Waals surface area (Å²) in [5.74, 6) is 1.15. The van der Waals surface area contributed by atoms with Gasteiger partial charge < -0.3 is 14.4 Å². The first-order valence-electron chi connectivity index (χ1n) is 8.22. The zero-order valence-corrected chi connectivity index (χ0v) is 15.3. The van der Waals surface area contributed by atoms with Crippen molar-refractivity contribution in [2.75, 3.05) is 27.8 Å². The lowest BCUT2D eigenvalue weighted by molar-refractivity contribution is 0.0811. The Hall–Kier alpha value is -3.60. The van der Waals surface area contributed by atoms with E-state index in [0.29, 0.717) is 29.3 Å². The van der Waals surface area contributed by atoms with E-state index in [2.05, 4.69) is 10.1 Å². The number of carbonyl (C=O) groups is 1. The van der Waals surface area contributed by atoms with Gasteiger partial charge in [0.15, 0.2) is 5.65 Å². The van der Waals surface area contributed by atoms with Gasteiger partial charge in [-0.2, -0.15) is 10.4 Å². The van der Waals surface area contributed by atoms with Gasteiger partial charge in [0.2, 0.25) is 0 Å². The van der Waals surface area contributed by atoms with E-state index in [1.807, 2.05) is 24.3 Å². The zero-order valence-electron chi connectivity index (χ0n) is 15.3. The number of amides is 1. The lowest BCUT2D eigenvalue weighted by Gasteiger charge is -2.13. The van der Waals surface area contributed by atoms with E-state index in [1.165, 1.54) is 11.1 Å². The van der Waals surface area contributed by atoms with Crippen molar-refractivity contribution < 1.29 is 14.3 Å². The molecule has 0 radical (unpaired) electrons. The first kappa shape index (κ1) is 18.2. The molecule has 0 aliphatic rings. The van der Waals surface area contributed by atoms with Crippen molar-refractivity contribution in [3.63, 3.8) is 0 Å². The highest BCUT2D eigenvalue weighted by Gasteiger charge is 2.15. The monoisotopic (exact) mass is 365 g/mol. The number of methoxy groups -OCH3 is 2. The van der Waals surface area contributed by atoms with Crippen LogP contribution in [-0.4, -0.2) is 53.4 Å². The Morgan fingerprint density at radius 3 is 2.78 bits per heavy atom. The van der Waals surface area contributed by atoms with Gasteiger partial charge in [-0.25, -0.2) is 9.67 Å². The molecule has 1 amide bonds. The van der Waals surface area contributed by atoms with Gasteiger partial charge in [0.25, 0.3) is 5.91 Å². The van der Waals surface area contributed by atoms with Crippen molar-refractivity contribution >= 4 is 16.9 Å². The van der Waals surface area contributed by atoms with E-state index >= 15 is 0 Å². The van der Waals surface area contributed by atoms with Crippen LogP contribution in [0.15, 0.2) is 36.7 Å². The Kier molecular flexibility index (Phi) is 5.22. The van der Waals surface area contributed by atoms with Crippen molar-refractivity contribution in [2.24, 2.45) is 0 Å². The summed E-state index contributed by atoms with van der Waals surface area (Å²) >= 11 is 0. The second kappa shape index (κ2) is 7.74. The Labute approximate surface area is 156 Å². The highest BCUT2D eigenvalue weighted by molar-refractivity contribution is 5.96. The summed E-state index contributed by atoms with van der Waals surface area (Å²) in [6.07, 6.45) is 3.17. The molecule has 0 saturated carbocycles. The number of rotatable bonds is 6. The van der Waals surface area contributed by atoms with Gasteiger partial charge in [0.1, 0.15) is 18.0 Å². The molecule has 3 rings (SSSR count). The third-order valence-electron chi connectivity index (χ3n) is 4.19. The minimum Gasteiger partial charge on any atom is -0.497 e. The molecule has 8 heteroatoms. The maximum Gasteiger partial charge on any atom is 0.256 e. The third-order valence-corrected chi connectivity index (χ3v) is 4.19. The molecule has 0 saturated heterocycles. The fraction of sp³-hybridized carbons (Fsp3) is 0.263. The van der Waals surface area contributed by atoms with E-state index in [-0.39, 0.29) is 12.5 Å². The zero-order chi connectivity index (χ0) is 19.4. The van der Waals surface area contributed by atoms with Crippen LogP contribution in [0.5, 0.6) is 11.5 Å². The van der Waals surface area contributed by atoms with Crippen molar-refractivity contribution in [1.82, 2.24) is 19.7 Å². The maximum absolute atomic E-state index is 12.3. The SMILES string of the molecule is COc1ccc(Cn2ncc3cc(C(=O)N(C)CC#N)cnc32)c(OC)c1. The van der Waals surface area contributed by atoms with Crippen LogP contribution in [0, 0.1) is 11.3 Å². The molecule has 27 heavy (non-hydrogen) atoms. The molecular formula is C19H19N5O3. The van der Waals surface area contributed by atoms with Gasteiger partial charge in [-0.1, -0.05) is 0 Å². The minimum absolute atomic E-state index is 0.0212. The highest BCUT2D eigenvalue weighted by atomic mass is 16.5. The predicted octanol–water partition coefficient (Wildman–Crippen LogP) is 2.09. The average Bonchev–Trinajstić information content (AvgIpc) is 3.09. The van der Waals surface area contributed by atoms with Crippen molar-refractivity contribution in [2.45, 2.75) is 6.54 Å². The van der Waals surface area contributed by atoms with E-state index in [4.69, 9.17) is 14.7 Å². The second-order valence-electron chi connectivity index (χ2n) is 5.94. The van der Waals surface area contributed by atoms with Crippen molar-refractivity contribution in [3.05, 3.63) is 47.8 Å². The van der Waals surface area contributed by atoms with Gasteiger partial charge in [-0.15, -0.1) is 0 Å². The van der Waals surface area contributed by atoms with Crippen LogP contribution in [0.2, 0.25) is 0 Å². The number of benzene rings is 1. The molecule has 0 atom stereocenters. The third kappa shape index (κ3) is 3.67. The summed E-state index contributed by atoms with van der Waals surface area (Å²) in [7, 11) is 4.79. The number of hydrogen-bond acceptors (Lipinski definition) is 6. The van der Waals surface area contributed by atoms with E-state index < -0.39 is 0 Å². The van der Waals surface area contributed by atoms with Crippen LogP contribution in [0.3, 0.4) is 0 Å². The summed E-state index contributed by atoms with van der Waals surface area (Å²) in [5.41, 5.74) is 2.01. The molecule has 0 N–H and O–H groups in total. The van der Waals surface area contributed by atoms with Gasteiger partial charge in [-0.3, -0.25) is 4.79 Å². The number of aromatic nitrogens is 3. The standard InChI is InChI=1S/C19H19N5O3/c1-23(7-6-20)19(25)15-8-14-11-22-24(18(14)21-10-15)12-13-4-5-16(26-2)9-17(13)27-3/h4-5,8-11H,7,12H2,1-3H3. The Morgan fingerprint density at radius 1 is 1.26 bits per heavy atom. The normalized spacial score (nSPS) is 10.4. The lowest BCUT2D eigenvalue weighted by Crippen LogP contribution is -2.27. The van der Waals surface area contributed by atoms with Crippen LogP contribution in [0.4, 0.5) is 0 Å². The fourth-order valence-electron chi connectivity index (χ4n) is 2.75. The largest absolute Gasteiger partial charge is 0.497 e. The van der Waals surface area contributed by atoms with Crippen LogP contribution in [0.25, 0.3) is 11.0 Å². The summed E-state index contributed by atoms with van der Waals surface area (Å²) in [5, 5.41) is 13.9. The van der Waals surface area contributed by atoms with Crippen molar-refractivity contribution in [1.29, 1.82) is 5.26 Å². The predicted molar refractivity (Wildman–Crippen MR) is 98.7 cm³/mol.